The highest BCUT2D eigenvalue weighted by Gasteiger charge is 1.99. The van der Waals surface area contributed by atoms with Crippen LogP contribution in [0.5, 0.6) is 0 Å². The van der Waals surface area contributed by atoms with E-state index in [1.807, 2.05) is 6.92 Å². The zero-order valence-electron chi connectivity index (χ0n) is 8.25. The average Bonchev–Trinajstić information content (AvgIpc) is 2.05. The lowest BCUT2D eigenvalue weighted by atomic mass is 10.0. The van der Waals surface area contributed by atoms with Crippen LogP contribution in [0.15, 0.2) is 22.9 Å². The van der Waals surface area contributed by atoms with Gasteiger partial charge in [0.2, 0.25) is 0 Å². The molecule has 0 saturated carbocycles. The van der Waals surface area contributed by atoms with E-state index >= 15 is 0 Å². The molecule has 0 N–H and O–H groups in total. The van der Waals surface area contributed by atoms with Crippen molar-refractivity contribution in [3.63, 3.8) is 0 Å². The van der Waals surface area contributed by atoms with Crippen molar-refractivity contribution >= 4 is 11.9 Å². The van der Waals surface area contributed by atoms with Crippen LogP contribution < -0.4 is 0 Å². The van der Waals surface area contributed by atoms with Gasteiger partial charge in [-0.15, -0.1) is 0 Å². The second-order valence-corrected chi connectivity index (χ2v) is 3.05. The molecule has 0 fully saturated rings. The summed E-state index contributed by atoms with van der Waals surface area (Å²) in [6.45, 7) is 9.93. The van der Waals surface area contributed by atoms with Crippen molar-refractivity contribution in [1.29, 1.82) is 0 Å². The molecule has 0 saturated heterocycles. The predicted octanol–water partition coefficient (Wildman–Crippen LogP) is 3.06. The Morgan fingerprint density at radius 2 is 2.25 bits per heavy atom. The normalized spacial score (nSPS) is 15.1. The third-order valence-corrected chi connectivity index (χ3v) is 1.74. The molecule has 0 radical (unpaired) electrons. The lowest BCUT2D eigenvalue weighted by Gasteiger charge is -2.05. The van der Waals surface area contributed by atoms with Crippen LogP contribution in [0, 0.1) is 5.92 Å². The second-order valence-electron chi connectivity index (χ2n) is 3.05. The first kappa shape index (κ1) is 11.1. The molecule has 2 heteroatoms. The quantitative estimate of drug-likeness (QED) is 0.443. The molecule has 2 nitrogen and oxygen atoms in total. The first-order valence-electron chi connectivity index (χ1n) is 4.38. The summed E-state index contributed by atoms with van der Waals surface area (Å²) in [4.78, 5) is 0. The third kappa shape index (κ3) is 5.83. The number of hydrogen-bond acceptors (Lipinski definition) is 2. The van der Waals surface area contributed by atoms with Gasteiger partial charge in [-0.05, 0) is 25.3 Å². The van der Waals surface area contributed by atoms with Gasteiger partial charge in [0.05, 0.1) is 0 Å². The van der Waals surface area contributed by atoms with E-state index in [4.69, 9.17) is 0 Å². The molecule has 0 aromatic heterocycles. The topological polar surface area (TPSA) is 24.7 Å². The molecule has 0 aliphatic carbocycles. The van der Waals surface area contributed by atoms with Gasteiger partial charge in [-0.2, -0.15) is 10.2 Å². The SMILES string of the molecule is C=C/C=N\N=C(\C)CC(C)CC. The van der Waals surface area contributed by atoms with E-state index in [0.29, 0.717) is 5.92 Å². The lowest BCUT2D eigenvalue weighted by molar-refractivity contribution is 0.585. The first-order valence-corrected chi connectivity index (χ1v) is 4.38. The van der Waals surface area contributed by atoms with Crippen molar-refractivity contribution in [3.8, 4) is 0 Å². The molecule has 0 rings (SSSR count). The van der Waals surface area contributed by atoms with Crippen molar-refractivity contribution in [1.82, 2.24) is 0 Å². The maximum atomic E-state index is 4.02. The molecular weight excluding hydrogens is 148 g/mol. The highest BCUT2D eigenvalue weighted by atomic mass is 15.2. The van der Waals surface area contributed by atoms with Gasteiger partial charge in [-0.3, -0.25) is 0 Å². The maximum absolute atomic E-state index is 4.02. The van der Waals surface area contributed by atoms with Gasteiger partial charge in [-0.25, -0.2) is 0 Å². The fourth-order valence-corrected chi connectivity index (χ4v) is 0.868. The van der Waals surface area contributed by atoms with Crippen molar-refractivity contribution in [2.75, 3.05) is 0 Å². The van der Waals surface area contributed by atoms with Gasteiger partial charge in [-0.1, -0.05) is 26.8 Å². The molecule has 0 aliphatic heterocycles. The van der Waals surface area contributed by atoms with E-state index in [0.717, 1.165) is 12.1 Å². The van der Waals surface area contributed by atoms with E-state index in [9.17, 15) is 0 Å². The molecule has 1 atom stereocenters. The molecule has 0 aliphatic rings. The fraction of sp³-hybridized carbons (Fsp3) is 0.600. The van der Waals surface area contributed by atoms with Crippen LogP contribution in [0.4, 0.5) is 0 Å². The fourth-order valence-electron chi connectivity index (χ4n) is 0.868. The van der Waals surface area contributed by atoms with Crippen molar-refractivity contribution < 1.29 is 0 Å². The third-order valence-electron chi connectivity index (χ3n) is 1.74. The van der Waals surface area contributed by atoms with Crippen molar-refractivity contribution in [3.05, 3.63) is 12.7 Å². The zero-order valence-corrected chi connectivity index (χ0v) is 8.25. The van der Waals surface area contributed by atoms with Crippen LogP contribution in [0.3, 0.4) is 0 Å². The summed E-state index contributed by atoms with van der Waals surface area (Å²) < 4.78 is 0. The van der Waals surface area contributed by atoms with Gasteiger partial charge in [0.25, 0.3) is 0 Å². The Morgan fingerprint density at radius 1 is 1.58 bits per heavy atom. The highest BCUT2D eigenvalue weighted by Crippen LogP contribution is 2.07. The summed E-state index contributed by atoms with van der Waals surface area (Å²) in [5.74, 6) is 0.702. The van der Waals surface area contributed by atoms with Gasteiger partial charge in [0.15, 0.2) is 0 Å². The average molecular weight is 166 g/mol. The monoisotopic (exact) mass is 166 g/mol. The molecule has 0 aromatic carbocycles. The molecule has 12 heavy (non-hydrogen) atoms. The Hall–Kier alpha value is -0.920. The minimum Gasteiger partial charge on any atom is -0.160 e. The Kier molecular flexibility index (Phi) is 6.25. The maximum Gasteiger partial charge on any atom is 0.0489 e. The first-order chi connectivity index (χ1) is 5.70. The molecule has 68 valence electrons. The summed E-state index contributed by atoms with van der Waals surface area (Å²) in [5, 5.41) is 7.84. The molecule has 0 spiro atoms. The summed E-state index contributed by atoms with van der Waals surface area (Å²) in [7, 11) is 0. The molecular formula is C10H18N2. The largest absolute Gasteiger partial charge is 0.160 e. The highest BCUT2D eigenvalue weighted by molar-refractivity contribution is 5.82. The summed E-state index contributed by atoms with van der Waals surface area (Å²) in [6, 6.07) is 0. The molecule has 0 aromatic rings. The number of rotatable bonds is 5. The smallest absolute Gasteiger partial charge is 0.0489 e. The van der Waals surface area contributed by atoms with E-state index in [2.05, 4.69) is 30.6 Å². The Labute approximate surface area is 75.1 Å². The van der Waals surface area contributed by atoms with Crippen LogP contribution in [-0.2, 0) is 0 Å². The minimum atomic E-state index is 0.702. The van der Waals surface area contributed by atoms with Crippen molar-refractivity contribution in [2.45, 2.75) is 33.6 Å². The Balaban J connectivity index is 3.84. The minimum absolute atomic E-state index is 0.702. The van der Waals surface area contributed by atoms with E-state index in [-0.39, 0.29) is 0 Å². The van der Waals surface area contributed by atoms with Crippen LogP contribution in [-0.4, -0.2) is 11.9 Å². The Bertz CT molecular complexity index is 180. The van der Waals surface area contributed by atoms with Gasteiger partial charge < -0.3 is 0 Å². The lowest BCUT2D eigenvalue weighted by Crippen LogP contribution is -1.99. The standard InChI is InChI=1S/C10H18N2/c1-5-7-11-12-10(4)8-9(3)6-2/h5,7,9H,1,6,8H2,2-4H3/b11-7-,12-10-. The van der Waals surface area contributed by atoms with Crippen LogP contribution >= 0.6 is 0 Å². The van der Waals surface area contributed by atoms with Gasteiger partial charge >= 0.3 is 0 Å². The number of hydrogen-bond donors (Lipinski definition) is 0. The zero-order chi connectivity index (χ0) is 9.40. The molecule has 0 bridgehead atoms. The van der Waals surface area contributed by atoms with Gasteiger partial charge in [0.1, 0.15) is 0 Å². The second kappa shape index (κ2) is 6.77. The number of allylic oxidation sites excluding steroid dienone is 1. The van der Waals surface area contributed by atoms with E-state index in [1.54, 1.807) is 12.3 Å². The molecule has 0 heterocycles. The van der Waals surface area contributed by atoms with E-state index < -0.39 is 0 Å². The summed E-state index contributed by atoms with van der Waals surface area (Å²) in [6.07, 6.45) is 5.45. The molecule has 1 unspecified atom stereocenters. The Morgan fingerprint density at radius 3 is 2.75 bits per heavy atom. The van der Waals surface area contributed by atoms with Gasteiger partial charge in [0, 0.05) is 11.9 Å². The van der Waals surface area contributed by atoms with Crippen LogP contribution in [0.1, 0.15) is 33.6 Å². The summed E-state index contributed by atoms with van der Waals surface area (Å²) >= 11 is 0. The van der Waals surface area contributed by atoms with E-state index in [1.165, 1.54) is 6.42 Å². The van der Waals surface area contributed by atoms with Crippen LogP contribution in [0.2, 0.25) is 0 Å². The summed E-state index contributed by atoms with van der Waals surface area (Å²) in [5.41, 5.74) is 1.09. The number of nitrogens with zero attached hydrogens (tertiary/aromatic N) is 2. The van der Waals surface area contributed by atoms with Crippen LogP contribution in [0.25, 0.3) is 0 Å². The molecule has 0 amide bonds. The predicted molar refractivity (Wildman–Crippen MR) is 55.9 cm³/mol. The van der Waals surface area contributed by atoms with Crippen molar-refractivity contribution in [2.24, 2.45) is 16.1 Å².